The molecular weight excluding hydrogens is 264 g/mol. The Labute approximate surface area is 116 Å². The van der Waals surface area contributed by atoms with Crippen LogP contribution in [0.15, 0.2) is 24.3 Å². The SMILES string of the molecule is CCn1nc(C)cc1COc1ccc(Cl)cc1C=O. The Bertz CT molecular complexity index is 593. The summed E-state index contributed by atoms with van der Waals surface area (Å²) in [4.78, 5) is 11.0. The van der Waals surface area contributed by atoms with Crippen molar-refractivity contribution in [3.63, 3.8) is 0 Å². The Morgan fingerprint density at radius 2 is 2.21 bits per heavy atom. The van der Waals surface area contributed by atoms with Crippen LogP contribution in [-0.4, -0.2) is 16.1 Å². The first-order chi connectivity index (χ1) is 9.13. The molecule has 2 rings (SSSR count). The summed E-state index contributed by atoms with van der Waals surface area (Å²) in [5.41, 5.74) is 2.38. The molecule has 0 radical (unpaired) electrons. The molecule has 0 bridgehead atoms. The number of nitrogens with zero attached hydrogens (tertiary/aromatic N) is 2. The molecule has 0 spiro atoms. The molecule has 0 unspecified atom stereocenters. The summed E-state index contributed by atoms with van der Waals surface area (Å²) in [6.07, 6.45) is 0.740. The lowest BCUT2D eigenvalue weighted by molar-refractivity contribution is 0.111. The molecule has 0 saturated heterocycles. The van der Waals surface area contributed by atoms with E-state index in [1.165, 1.54) is 0 Å². The molecule has 0 N–H and O–H groups in total. The number of carbonyl (C=O) groups excluding carboxylic acids is 1. The van der Waals surface area contributed by atoms with Crippen molar-refractivity contribution in [1.29, 1.82) is 0 Å². The lowest BCUT2D eigenvalue weighted by Crippen LogP contribution is -2.06. The number of aldehydes is 1. The number of ether oxygens (including phenoxy) is 1. The average Bonchev–Trinajstić information content (AvgIpc) is 2.77. The summed E-state index contributed by atoms with van der Waals surface area (Å²) in [6, 6.07) is 6.96. The second kappa shape index (κ2) is 5.89. The van der Waals surface area contributed by atoms with Gasteiger partial charge in [0.15, 0.2) is 6.29 Å². The van der Waals surface area contributed by atoms with Gasteiger partial charge in [0.05, 0.1) is 17.0 Å². The summed E-state index contributed by atoms with van der Waals surface area (Å²) in [7, 11) is 0. The number of aromatic nitrogens is 2. The largest absolute Gasteiger partial charge is 0.487 e. The highest BCUT2D eigenvalue weighted by molar-refractivity contribution is 6.30. The van der Waals surface area contributed by atoms with Crippen LogP contribution in [0.1, 0.15) is 28.7 Å². The maximum Gasteiger partial charge on any atom is 0.153 e. The van der Waals surface area contributed by atoms with Crippen molar-refractivity contribution in [2.75, 3.05) is 0 Å². The molecule has 0 aliphatic carbocycles. The van der Waals surface area contributed by atoms with Gasteiger partial charge in [-0.2, -0.15) is 5.10 Å². The van der Waals surface area contributed by atoms with Gasteiger partial charge in [0.2, 0.25) is 0 Å². The van der Waals surface area contributed by atoms with Gasteiger partial charge in [0.25, 0.3) is 0 Å². The molecule has 2 aromatic rings. The third-order valence-electron chi connectivity index (χ3n) is 2.76. The number of carbonyl (C=O) groups is 1. The zero-order valence-electron chi connectivity index (χ0n) is 10.9. The third-order valence-corrected chi connectivity index (χ3v) is 2.99. The Hall–Kier alpha value is -1.81. The molecule has 1 aromatic heterocycles. The zero-order valence-corrected chi connectivity index (χ0v) is 11.6. The number of rotatable bonds is 5. The number of hydrogen-bond acceptors (Lipinski definition) is 3. The van der Waals surface area contributed by atoms with Crippen LogP contribution < -0.4 is 4.74 Å². The van der Waals surface area contributed by atoms with E-state index in [9.17, 15) is 4.79 Å². The molecule has 0 aliphatic rings. The first kappa shape index (κ1) is 13.6. The van der Waals surface area contributed by atoms with Crippen LogP contribution in [0.2, 0.25) is 5.02 Å². The van der Waals surface area contributed by atoms with E-state index in [4.69, 9.17) is 16.3 Å². The first-order valence-corrected chi connectivity index (χ1v) is 6.42. The second-order valence-electron chi connectivity index (χ2n) is 4.18. The van der Waals surface area contributed by atoms with Gasteiger partial charge in [0.1, 0.15) is 12.4 Å². The highest BCUT2D eigenvalue weighted by Crippen LogP contribution is 2.22. The Morgan fingerprint density at radius 1 is 1.42 bits per heavy atom. The lowest BCUT2D eigenvalue weighted by Gasteiger charge is -2.09. The highest BCUT2D eigenvalue weighted by Gasteiger charge is 2.08. The maximum absolute atomic E-state index is 11.0. The van der Waals surface area contributed by atoms with Gasteiger partial charge in [-0.15, -0.1) is 0 Å². The monoisotopic (exact) mass is 278 g/mol. The fraction of sp³-hybridized carbons (Fsp3) is 0.286. The highest BCUT2D eigenvalue weighted by atomic mass is 35.5. The zero-order chi connectivity index (χ0) is 13.8. The topological polar surface area (TPSA) is 44.1 Å². The number of hydrogen-bond donors (Lipinski definition) is 0. The van der Waals surface area contributed by atoms with Crippen LogP contribution in [-0.2, 0) is 13.2 Å². The van der Waals surface area contributed by atoms with Crippen LogP contribution in [0.3, 0.4) is 0 Å². The molecule has 4 nitrogen and oxygen atoms in total. The van der Waals surface area contributed by atoms with E-state index in [1.54, 1.807) is 18.2 Å². The predicted octanol–water partition coefficient (Wildman–Crippen LogP) is 3.26. The second-order valence-corrected chi connectivity index (χ2v) is 4.62. The summed E-state index contributed by atoms with van der Waals surface area (Å²) in [5.74, 6) is 0.529. The fourth-order valence-electron chi connectivity index (χ4n) is 1.88. The van der Waals surface area contributed by atoms with Crippen molar-refractivity contribution < 1.29 is 9.53 Å². The van der Waals surface area contributed by atoms with Gasteiger partial charge in [0, 0.05) is 11.6 Å². The van der Waals surface area contributed by atoms with E-state index in [1.807, 2.05) is 24.6 Å². The van der Waals surface area contributed by atoms with Crippen molar-refractivity contribution in [1.82, 2.24) is 9.78 Å². The van der Waals surface area contributed by atoms with Crippen LogP contribution in [0.4, 0.5) is 0 Å². The standard InChI is InChI=1S/C14H15ClN2O2/c1-3-17-13(6-10(2)16-17)9-19-14-5-4-12(15)7-11(14)8-18/h4-8H,3,9H2,1-2H3. The van der Waals surface area contributed by atoms with Crippen molar-refractivity contribution >= 4 is 17.9 Å². The molecule has 19 heavy (non-hydrogen) atoms. The van der Waals surface area contributed by atoms with Crippen molar-refractivity contribution in [2.45, 2.75) is 27.0 Å². The number of aryl methyl sites for hydroxylation is 2. The minimum Gasteiger partial charge on any atom is -0.487 e. The summed E-state index contributed by atoms with van der Waals surface area (Å²) in [5, 5.41) is 4.86. The molecule has 0 amide bonds. The van der Waals surface area contributed by atoms with Crippen LogP contribution in [0.25, 0.3) is 0 Å². The van der Waals surface area contributed by atoms with E-state index in [-0.39, 0.29) is 0 Å². The van der Waals surface area contributed by atoms with Gasteiger partial charge in [-0.3, -0.25) is 9.48 Å². The van der Waals surface area contributed by atoms with Crippen molar-refractivity contribution in [3.8, 4) is 5.75 Å². The van der Waals surface area contributed by atoms with E-state index in [0.717, 1.165) is 24.2 Å². The molecule has 100 valence electrons. The van der Waals surface area contributed by atoms with Crippen LogP contribution in [0.5, 0.6) is 5.75 Å². The predicted molar refractivity (Wildman–Crippen MR) is 73.8 cm³/mol. The van der Waals surface area contributed by atoms with Gasteiger partial charge >= 0.3 is 0 Å². The van der Waals surface area contributed by atoms with E-state index < -0.39 is 0 Å². The van der Waals surface area contributed by atoms with Crippen molar-refractivity contribution in [3.05, 3.63) is 46.2 Å². The van der Waals surface area contributed by atoms with E-state index >= 15 is 0 Å². The summed E-state index contributed by atoms with van der Waals surface area (Å²) >= 11 is 5.84. The third kappa shape index (κ3) is 3.15. The van der Waals surface area contributed by atoms with Crippen LogP contribution >= 0.6 is 11.6 Å². The molecule has 5 heteroatoms. The van der Waals surface area contributed by atoms with Gasteiger partial charge < -0.3 is 4.74 Å². The smallest absolute Gasteiger partial charge is 0.153 e. The first-order valence-electron chi connectivity index (χ1n) is 6.05. The van der Waals surface area contributed by atoms with Gasteiger partial charge in [-0.25, -0.2) is 0 Å². The summed E-state index contributed by atoms with van der Waals surface area (Å²) in [6.45, 7) is 5.12. The maximum atomic E-state index is 11.0. The minimum absolute atomic E-state index is 0.372. The molecule has 0 atom stereocenters. The van der Waals surface area contributed by atoms with Crippen molar-refractivity contribution in [2.24, 2.45) is 0 Å². The molecule has 1 heterocycles. The molecule has 0 saturated carbocycles. The van der Waals surface area contributed by atoms with E-state index in [2.05, 4.69) is 5.10 Å². The number of halogens is 1. The number of benzene rings is 1. The van der Waals surface area contributed by atoms with Crippen LogP contribution in [0, 0.1) is 6.92 Å². The summed E-state index contributed by atoms with van der Waals surface area (Å²) < 4.78 is 7.55. The van der Waals surface area contributed by atoms with Gasteiger partial charge in [-0.05, 0) is 38.1 Å². The fourth-order valence-corrected chi connectivity index (χ4v) is 2.06. The Balaban J connectivity index is 2.16. The molecule has 1 aromatic carbocycles. The minimum atomic E-state index is 0.372. The Morgan fingerprint density at radius 3 is 2.89 bits per heavy atom. The quantitative estimate of drug-likeness (QED) is 0.789. The van der Waals surface area contributed by atoms with Gasteiger partial charge in [-0.1, -0.05) is 11.6 Å². The molecular formula is C14H15ClN2O2. The lowest BCUT2D eigenvalue weighted by atomic mass is 10.2. The average molecular weight is 279 g/mol. The van der Waals surface area contributed by atoms with E-state index in [0.29, 0.717) is 22.9 Å². The Kier molecular flexibility index (Phi) is 4.22. The normalized spacial score (nSPS) is 10.5. The molecule has 0 aliphatic heterocycles. The molecule has 0 fully saturated rings.